The molecule has 7 heteroatoms. The summed E-state index contributed by atoms with van der Waals surface area (Å²) in [6.07, 6.45) is 7.26. The zero-order valence-electron chi connectivity index (χ0n) is 14.9. The smallest absolute Gasteiger partial charge is 0.338 e. The molecule has 0 spiro atoms. The molecule has 3 rings (SSSR count). The van der Waals surface area contributed by atoms with Gasteiger partial charge in [-0.15, -0.1) is 0 Å². The maximum absolute atomic E-state index is 11.7. The van der Waals surface area contributed by atoms with Crippen molar-refractivity contribution >= 4 is 23.2 Å². The zero-order valence-corrected chi connectivity index (χ0v) is 14.9. The third-order valence-corrected chi connectivity index (χ3v) is 4.34. The van der Waals surface area contributed by atoms with Crippen molar-refractivity contribution in [3.63, 3.8) is 0 Å². The Morgan fingerprint density at radius 1 is 1.19 bits per heavy atom. The largest absolute Gasteiger partial charge is 0.473 e. The van der Waals surface area contributed by atoms with Gasteiger partial charge in [-0.3, -0.25) is 0 Å². The molecule has 1 aromatic heterocycles. The number of nitrogens with one attached hydrogen (secondary N) is 1. The van der Waals surface area contributed by atoms with Crippen LogP contribution in [-0.4, -0.2) is 28.6 Å². The van der Waals surface area contributed by atoms with Crippen LogP contribution in [0.15, 0.2) is 30.6 Å². The van der Waals surface area contributed by atoms with Crippen LogP contribution in [0, 0.1) is 0 Å². The molecule has 7 nitrogen and oxygen atoms in total. The van der Waals surface area contributed by atoms with Crippen LogP contribution in [-0.2, 0) is 4.74 Å². The van der Waals surface area contributed by atoms with Crippen LogP contribution in [0.2, 0.25) is 0 Å². The quantitative estimate of drug-likeness (QED) is 0.761. The predicted octanol–water partition coefficient (Wildman–Crippen LogP) is 3.69. The lowest BCUT2D eigenvalue weighted by Gasteiger charge is -2.23. The van der Waals surface area contributed by atoms with Crippen LogP contribution in [0.5, 0.6) is 5.88 Å². The number of anilines is 3. The minimum absolute atomic E-state index is 0.165. The van der Waals surface area contributed by atoms with Crippen molar-refractivity contribution in [3.8, 4) is 5.88 Å². The van der Waals surface area contributed by atoms with E-state index in [1.807, 2.05) is 0 Å². The second-order valence-corrected chi connectivity index (χ2v) is 6.24. The Balaban J connectivity index is 1.69. The molecule has 26 heavy (non-hydrogen) atoms. The van der Waals surface area contributed by atoms with Gasteiger partial charge in [-0.1, -0.05) is 6.42 Å². The molecule has 0 aliphatic heterocycles. The predicted molar refractivity (Wildman–Crippen MR) is 99.6 cm³/mol. The molecule has 1 aromatic carbocycles. The molecule has 138 valence electrons. The van der Waals surface area contributed by atoms with Crippen molar-refractivity contribution in [1.82, 2.24) is 9.97 Å². The summed E-state index contributed by atoms with van der Waals surface area (Å²) in [6, 6.07) is 6.93. The highest BCUT2D eigenvalue weighted by atomic mass is 16.5. The average Bonchev–Trinajstić information content (AvgIpc) is 2.66. The molecule has 1 saturated carbocycles. The summed E-state index contributed by atoms with van der Waals surface area (Å²) in [6.45, 7) is 2.12. The van der Waals surface area contributed by atoms with Crippen LogP contribution in [0.4, 0.5) is 17.2 Å². The van der Waals surface area contributed by atoms with E-state index in [2.05, 4.69) is 15.3 Å². The Labute approximate surface area is 152 Å². The minimum atomic E-state index is -0.344. The van der Waals surface area contributed by atoms with E-state index in [-0.39, 0.29) is 12.1 Å². The van der Waals surface area contributed by atoms with E-state index in [0.29, 0.717) is 29.6 Å². The molecule has 2 aromatic rings. The van der Waals surface area contributed by atoms with Gasteiger partial charge in [0.05, 0.1) is 12.2 Å². The van der Waals surface area contributed by atoms with Gasteiger partial charge >= 0.3 is 5.97 Å². The van der Waals surface area contributed by atoms with Crippen molar-refractivity contribution < 1.29 is 14.3 Å². The highest BCUT2D eigenvalue weighted by Gasteiger charge is 2.18. The third-order valence-electron chi connectivity index (χ3n) is 4.34. The van der Waals surface area contributed by atoms with Gasteiger partial charge in [-0.25, -0.2) is 9.78 Å². The number of hydrogen-bond acceptors (Lipinski definition) is 7. The fourth-order valence-electron chi connectivity index (χ4n) is 2.95. The first-order valence-electron chi connectivity index (χ1n) is 8.98. The number of benzene rings is 1. The van der Waals surface area contributed by atoms with E-state index in [1.165, 1.54) is 25.6 Å². The van der Waals surface area contributed by atoms with Crippen LogP contribution >= 0.6 is 0 Å². The van der Waals surface area contributed by atoms with Gasteiger partial charge in [0.15, 0.2) is 5.82 Å². The summed E-state index contributed by atoms with van der Waals surface area (Å²) in [4.78, 5) is 20.1. The zero-order chi connectivity index (χ0) is 18.4. The Hall–Kier alpha value is -2.83. The van der Waals surface area contributed by atoms with Crippen LogP contribution < -0.4 is 15.8 Å². The number of nitrogen functional groups attached to an aromatic ring is 1. The topological polar surface area (TPSA) is 99.4 Å². The number of aromatic nitrogens is 2. The standard InChI is InChI=1S/C19H24N4O3/c1-2-25-19(24)13-8-10-14(11-9-13)23-17-16(20)18(22-12-21-17)26-15-6-4-3-5-7-15/h8-12,15H,2-7,20H2,1H3,(H,21,22,23). The minimum Gasteiger partial charge on any atom is -0.473 e. The fraction of sp³-hybridized carbons (Fsp3) is 0.421. The van der Waals surface area contributed by atoms with Crippen molar-refractivity contribution in [2.75, 3.05) is 17.7 Å². The molecule has 0 unspecified atom stereocenters. The Morgan fingerprint density at radius 2 is 1.92 bits per heavy atom. The lowest BCUT2D eigenvalue weighted by Crippen LogP contribution is -2.21. The number of esters is 1. The van der Waals surface area contributed by atoms with E-state index in [9.17, 15) is 4.79 Å². The summed E-state index contributed by atoms with van der Waals surface area (Å²) >= 11 is 0. The van der Waals surface area contributed by atoms with Gasteiger partial charge < -0.3 is 20.5 Å². The molecule has 1 aliphatic rings. The number of nitrogens with two attached hydrogens (primary N) is 1. The van der Waals surface area contributed by atoms with Gasteiger partial charge in [-0.05, 0) is 56.9 Å². The number of ether oxygens (including phenoxy) is 2. The van der Waals surface area contributed by atoms with Crippen molar-refractivity contribution in [3.05, 3.63) is 36.2 Å². The van der Waals surface area contributed by atoms with Gasteiger partial charge in [0.2, 0.25) is 5.88 Å². The van der Waals surface area contributed by atoms with Crippen molar-refractivity contribution in [2.45, 2.75) is 45.1 Å². The van der Waals surface area contributed by atoms with E-state index < -0.39 is 0 Å². The van der Waals surface area contributed by atoms with E-state index in [1.54, 1.807) is 31.2 Å². The number of nitrogens with zero attached hydrogens (tertiary/aromatic N) is 2. The second-order valence-electron chi connectivity index (χ2n) is 6.24. The first-order valence-corrected chi connectivity index (χ1v) is 8.98. The van der Waals surface area contributed by atoms with Gasteiger partial charge in [-0.2, -0.15) is 4.98 Å². The van der Waals surface area contributed by atoms with Crippen LogP contribution in [0.1, 0.15) is 49.4 Å². The molecule has 0 saturated heterocycles. The molecule has 1 aliphatic carbocycles. The fourth-order valence-corrected chi connectivity index (χ4v) is 2.95. The molecule has 3 N–H and O–H groups in total. The summed E-state index contributed by atoms with van der Waals surface area (Å²) in [5.74, 6) is 0.552. The van der Waals surface area contributed by atoms with Gasteiger partial charge in [0, 0.05) is 5.69 Å². The van der Waals surface area contributed by atoms with Gasteiger partial charge in [0.1, 0.15) is 18.1 Å². The lowest BCUT2D eigenvalue weighted by molar-refractivity contribution is 0.0526. The first kappa shape index (κ1) is 18.0. The molecule has 1 fully saturated rings. The molecular weight excluding hydrogens is 332 g/mol. The highest BCUT2D eigenvalue weighted by molar-refractivity contribution is 5.90. The molecule has 0 radical (unpaired) electrons. The van der Waals surface area contributed by atoms with Gasteiger partial charge in [0.25, 0.3) is 0 Å². The maximum atomic E-state index is 11.7. The molecule has 0 amide bonds. The van der Waals surface area contributed by atoms with E-state index in [4.69, 9.17) is 15.2 Å². The van der Waals surface area contributed by atoms with E-state index >= 15 is 0 Å². The normalized spacial score (nSPS) is 14.7. The summed E-state index contributed by atoms with van der Waals surface area (Å²) < 4.78 is 10.9. The number of rotatable bonds is 6. The summed E-state index contributed by atoms with van der Waals surface area (Å²) in [5.41, 5.74) is 7.81. The summed E-state index contributed by atoms with van der Waals surface area (Å²) in [7, 11) is 0. The number of hydrogen-bond donors (Lipinski definition) is 2. The van der Waals surface area contributed by atoms with E-state index in [0.717, 1.165) is 18.5 Å². The molecular formula is C19H24N4O3. The monoisotopic (exact) mass is 356 g/mol. The third kappa shape index (κ3) is 4.41. The lowest BCUT2D eigenvalue weighted by atomic mass is 9.98. The average molecular weight is 356 g/mol. The first-order chi connectivity index (χ1) is 12.7. The maximum Gasteiger partial charge on any atom is 0.338 e. The number of carbonyl (C=O) groups excluding carboxylic acids is 1. The van der Waals surface area contributed by atoms with Crippen LogP contribution in [0.3, 0.4) is 0 Å². The summed E-state index contributed by atoms with van der Waals surface area (Å²) in [5, 5.41) is 3.14. The Kier molecular flexibility index (Phi) is 5.88. The van der Waals surface area contributed by atoms with Crippen molar-refractivity contribution in [2.24, 2.45) is 0 Å². The molecule has 0 bridgehead atoms. The SMILES string of the molecule is CCOC(=O)c1ccc(Nc2ncnc(OC3CCCCC3)c2N)cc1. The Morgan fingerprint density at radius 3 is 2.62 bits per heavy atom. The Bertz CT molecular complexity index is 743. The molecule has 0 atom stereocenters. The number of carbonyl (C=O) groups is 1. The second kappa shape index (κ2) is 8.51. The molecule has 1 heterocycles. The highest BCUT2D eigenvalue weighted by Crippen LogP contribution is 2.30. The van der Waals surface area contributed by atoms with Crippen molar-refractivity contribution in [1.29, 1.82) is 0 Å². The van der Waals surface area contributed by atoms with Crippen LogP contribution in [0.25, 0.3) is 0 Å².